The van der Waals surface area contributed by atoms with Gasteiger partial charge in [-0.2, -0.15) is 0 Å². The quantitative estimate of drug-likeness (QED) is 0.0603. The first-order chi connectivity index (χ1) is 15.4. The van der Waals surface area contributed by atoms with Crippen molar-refractivity contribution in [3.63, 3.8) is 0 Å². The Kier molecular flexibility index (Phi) is 14.4. The summed E-state index contributed by atoms with van der Waals surface area (Å²) in [5.41, 5.74) is 21.7. The zero-order valence-electron chi connectivity index (χ0n) is 19.1. The number of aliphatic hydroxyl groups is 1. The highest BCUT2D eigenvalue weighted by molar-refractivity contribution is 5.94. The number of unbranched alkanes of at least 4 members (excludes halogenated alkanes) is 1. The average Bonchev–Trinajstić information content (AvgIpc) is 2.73. The van der Waals surface area contributed by atoms with Gasteiger partial charge in [-0.1, -0.05) is 0 Å². The normalized spacial score (nSPS) is 15.3. The van der Waals surface area contributed by atoms with Gasteiger partial charge in [0.15, 0.2) is 5.96 Å². The number of guanidine groups is 1. The molecule has 13 N–H and O–H groups in total. The van der Waals surface area contributed by atoms with Gasteiger partial charge in [-0.25, -0.2) is 0 Å². The maximum atomic E-state index is 12.9. The zero-order valence-corrected chi connectivity index (χ0v) is 19.1. The second-order valence-electron chi connectivity index (χ2n) is 7.69. The van der Waals surface area contributed by atoms with Crippen LogP contribution < -0.4 is 38.9 Å². The van der Waals surface area contributed by atoms with Crippen LogP contribution in [-0.4, -0.2) is 83.2 Å². The summed E-state index contributed by atoms with van der Waals surface area (Å²) in [6.07, 6.45) is 0.593. The standard InChI is InChI=1S/C19H38N8O6/c1-10(18(32)33)25-15(29)12(6-3-4-8-20)26-16(30)13(7-5-9-24-19(22)23)27-17(31)14(21)11(2)28/h10-14,28H,3-9,20-21H2,1-2H3,(H,25,29)(H,26,30)(H,27,31)(H,32,33)(H4,22,23,24). The largest absolute Gasteiger partial charge is 0.480 e. The van der Waals surface area contributed by atoms with Gasteiger partial charge in [0.2, 0.25) is 17.7 Å². The number of carbonyl (C=O) groups excluding carboxylic acids is 3. The van der Waals surface area contributed by atoms with E-state index in [1.165, 1.54) is 13.8 Å². The highest BCUT2D eigenvalue weighted by atomic mass is 16.4. The molecule has 0 fully saturated rings. The lowest BCUT2D eigenvalue weighted by atomic mass is 10.1. The number of aliphatic hydroxyl groups excluding tert-OH is 1. The number of aliphatic carboxylic acids is 1. The molecular formula is C19H38N8O6. The zero-order chi connectivity index (χ0) is 25.6. The number of nitrogens with two attached hydrogens (primary N) is 4. The molecule has 0 saturated heterocycles. The number of aliphatic imine (C=N–C) groups is 1. The van der Waals surface area contributed by atoms with Crippen molar-refractivity contribution in [2.75, 3.05) is 13.1 Å². The molecule has 0 spiro atoms. The number of carboxylic acids is 1. The molecule has 5 atom stereocenters. The van der Waals surface area contributed by atoms with Crippen LogP contribution in [0.1, 0.15) is 46.0 Å². The summed E-state index contributed by atoms with van der Waals surface area (Å²) >= 11 is 0. The van der Waals surface area contributed by atoms with Gasteiger partial charge in [-0.15, -0.1) is 0 Å². The lowest BCUT2D eigenvalue weighted by molar-refractivity contribution is -0.141. The van der Waals surface area contributed by atoms with Crippen LogP contribution in [0.15, 0.2) is 4.99 Å². The van der Waals surface area contributed by atoms with E-state index in [1.807, 2.05) is 0 Å². The number of rotatable bonds is 16. The first-order valence-electron chi connectivity index (χ1n) is 10.7. The maximum Gasteiger partial charge on any atom is 0.325 e. The highest BCUT2D eigenvalue weighted by Gasteiger charge is 2.29. The van der Waals surface area contributed by atoms with Gasteiger partial charge in [-0.3, -0.25) is 24.2 Å². The number of nitrogens with zero attached hydrogens (tertiary/aromatic N) is 1. The first-order valence-corrected chi connectivity index (χ1v) is 10.7. The minimum absolute atomic E-state index is 0.115. The summed E-state index contributed by atoms with van der Waals surface area (Å²) in [6.45, 7) is 3.21. The van der Waals surface area contributed by atoms with Crippen molar-refractivity contribution in [3.8, 4) is 0 Å². The molecule has 0 aromatic heterocycles. The number of carboxylic acid groups (broad SMARTS) is 1. The summed E-state index contributed by atoms with van der Waals surface area (Å²) in [7, 11) is 0. The Morgan fingerprint density at radius 1 is 0.879 bits per heavy atom. The third-order valence-electron chi connectivity index (χ3n) is 4.71. The molecule has 14 nitrogen and oxygen atoms in total. The van der Waals surface area contributed by atoms with Crippen molar-refractivity contribution >= 4 is 29.7 Å². The average molecular weight is 475 g/mol. The molecule has 0 aliphatic rings. The number of hydrogen-bond acceptors (Lipinski definition) is 8. The van der Waals surface area contributed by atoms with Gasteiger partial charge in [0.05, 0.1) is 6.10 Å². The van der Waals surface area contributed by atoms with Crippen molar-refractivity contribution in [1.29, 1.82) is 0 Å². The molecule has 0 aromatic rings. The van der Waals surface area contributed by atoms with Crippen LogP contribution in [0.25, 0.3) is 0 Å². The SMILES string of the molecule is CC(NC(=O)C(CCCCN)NC(=O)C(CCCN=C(N)N)NC(=O)C(N)C(C)O)C(=O)O. The predicted octanol–water partition coefficient (Wildman–Crippen LogP) is -3.56. The second-order valence-corrected chi connectivity index (χ2v) is 7.69. The lowest BCUT2D eigenvalue weighted by Crippen LogP contribution is -2.57. The fraction of sp³-hybridized carbons (Fsp3) is 0.737. The first kappa shape index (κ1) is 30.0. The molecule has 3 amide bonds. The molecule has 0 radical (unpaired) electrons. The monoisotopic (exact) mass is 474 g/mol. The lowest BCUT2D eigenvalue weighted by Gasteiger charge is -2.25. The van der Waals surface area contributed by atoms with E-state index in [2.05, 4.69) is 20.9 Å². The molecule has 0 bridgehead atoms. The topological polar surface area (TPSA) is 261 Å². The second kappa shape index (κ2) is 15.8. The third kappa shape index (κ3) is 12.6. The van der Waals surface area contributed by atoms with Crippen LogP contribution in [0.5, 0.6) is 0 Å². The molecule has 190 valence electrons. The Morgan fingerprint density at radius 2 is 1.39 bits per heavy atom. The number of hydrogen-bond donors (Lipinski definition) is 9. The smallest absolute Gasteiger partial charge is 0.325 e. The van der Waals surface area contributed by atoms with Gasteiger partial charge in [0.1, 0.15) is 24.2 Å². The predicted molar refractivity (Wildman–Crippen MR) is 122 cm³/mol. The Balaban J connectivity index is 5.44. The molecule has 0 rings (SSSR count). The highest BCUT2D eigenvalue weighted by Crippen LogP contribution is 2.06. The third-order valence-corrected chi connectivity index (χ3v) is 4.71. The van der Waals surface area contributed by atoms with Gasteiger partial charge < -0.3 is 49.1 Å². The van der Waals surface area contributed by atoms with Crippen LogP contribution in [0.4, 0.5) is 0 Å². The van der Waals surface area contributed by atoms with Gasteiger partial charge in [-0.05, 0) is 52.5 Å². The molecule has 0 heterocycles. The Labute approximate surface area is 192 Å². The summed E-state index contributed by atoms with van der Waals surface area (Å²) in [5, 5.41) is 25.9. The van der Waals surface area contributed by atoms with E-state index in [4.69, 9.17) is 28.0 Å². The van der Waals surface area contributed by atoms with E-state index in [9.17, 15) is 24.3 Å². The fourth-order valence-electron chi connectivity index (χ4n) is 2.67. The van der Waals surface area contributed by atoms with E-state index in [-0.39, 0.29) is 25.3 Å². The van der Waals surface area contributed by atoms with E-state index in [1.54, 1.807) is 0 Å². The van der Waals surface area contributed by atoms with Crippen molar-refractivity contribution in [2.24, 2.45) is 27.9 Å². The number of nitrogens with one attached hydrogen (secondary N) is 3. The minimum Gasteiger partial charge on any atom is -0.480 e. The molecular weight excluding hydrogens is 436 g/mol. The van der Waals surface area contributed by atoms with Crippen molar-refractivity contribution in [1.82, 2.24) is 16.0 Å². The molecule has 14 heteroatoms. The van der Waals surface area contributed by atoms with Crippen LogP contribution in [-0.2, 0) is 19.2 Å². The fourth-order valence-corrected chi connectivity index (χ4v) is 2.67. The minimum atomic E-state index is -1.27. The Bertz CT molecular complexity index is 683. The van der Waals surface area contributed by atoms with Crippen LogP contribution >= 0.6 is 0 Å². The van der Waals surface area contributed by atoms with E-state index < -0.39 is 54.0 Å². The molecule has 33 heavy (non-hydrogen) atoms. The summed E-state index contributed by atoms with van der Waals surface area (Å²) in [6, 6.07) is -4.57. The Morgan fingerprint density at radius 3 is 1.88 bits per heavy atom. The van der Waals surface area contributed by atoms with Crippen molar-refractivity contribution in [3.05, 3.63) is 0 Å². The number of carbonyl (C=O) groups is 4. The van der Waals surface area contributed by atoms with E-state index >= 15 is 0 Å². The summed E-state index contributed by atoms with van der Waals surface area (Å²) in [5.74, 6) is -3.47. The molecule has 0 aromatic carbocycles. The van der Waals surface area contributed by atoms with Gasteiger partial charge >= 0.3 is 5.97 Å². The van der Waals surface area contributed by atoms with Crippen molar-refractivity contribution < 1.29 is 29.4 Å². The van der Waals surface area contributed by atoms with Crippen molar-refractivity contribution in [2.45, 2.75) is 76.2 Å². The van der Waals surface area contributed by atoms with Crippen LogP contribution in [0.3, 0.4) is 0 Å². The van der Waals surface area contributed by atoms with Crippen LogP contribution in [0, 0.1) is 0 Å². The summed E-state index contributed by atoms with van der Waals surface area (Å²) < 4.78 is 0. The molecule has 0 aliphatic carbocycles. The van der Waals surface area contributed by atoms with E-state index in [0.717, 1.165) is 0 Å². The summed E-state index contributed by atoms with van der Waals surface area (Å²) in [4.78, 5) is 52.7. The van der Waals surface area contributed by atoms with Gasteiger partial charge in [0.25, 0.3) is 0 Å². The van der Waals surface area contributed by atoms with E-state index in [0.29, 0.717) is 25.8 Å². The molecule has 0 aliphatic heterocycles. The Hall–Kier alpha value is -2.97. The maximum absolute atomic E-state index is 12.9. The van der Waals surface area contributed by atoms with Crippen LogP contribution in [0.2, 0.25) is 0 Å². The molecule has 5 unspecified atom stereocenters. The number of amides is 3. The van der Waals surface area contributed by atoms with Gasteiger partial charge in [0, 0.05) is 6.54 Å². The molecule has 0 saturated carbocycles.